The van der Waals surface area contributed by atoms with Gasteiger partial charge in [0, 0.05) is 30.2 Å². The van der Waals surface area contributed by atoms with E-state index in [0.717, 1.165) is 12.2 Å². The number of ether oxygens (including phenoxy) is 1. The van der Waals surface area contributed by atoms with Gasteiger partial charge in [0.2, 0.25) is 0 Å². The van der Waals surface area contributed by atoms with E-state index >= 15 is 0 Å². The first-order chi connectivity index (χ1) is 8.17. The molecule has 0 aliphatic rings. The molecule has 1 atom stereocenters. The van der Waals surface area contributed by atoms with Gasteiger partial charge in [-0.05, 0) is 37.1 Å². The third-order valence-electron chi connectivity index (χ3n) is 3.14. The molecule has 1 unspecified atom stereocenters. The fourth-order valence-electron chi connectivity index (χ4n) is 2.17. The van der Waals surface area contributed by atoms with Crippen molar-refractivity contribution in [2.45, 2.75) is 26.3 Å². The van der Waals surface area contributed by atoms with E-state index in [1.165, 1.54) is 16.5 Å². The Bertz CT molecular complexity index is 516. The minimum atomic E-state index is 0.0931. The van der Waals surface area contributed by atoms with Crippen LogP contribution >= 0.6 is 0 Å². The highest BCUT2D eigenvalue weighted by Gasteiger charge is 2.12. The van der Waals surface area contributed by atoms with Crippen LogP contribution in [0.3, 0.4) is 0 Å². The van der Waals surface area contributed by atoms with Crippen molar-refractivity contribution in [2.24, 2.45) is 12.8 Å². The van der Waals surface area contributed by atoms with Crippen molar-refractivity contribution in [1.82, 2.24) is 4.57 Å². The quantitative estimate of drug-likeness (QED) is 0.880. The molecule has 2 N–H and O–H groups in total. The fraction of sp³-hybridized carbons (Fsp3) is 0.429. The highest BCUT2D eigenvalue weighted by Crippen LogP contribution is 2.29. The standard InChI is InChI=1S/C14H20N2O/c1-4-13(15)12-9-16(3)14-7-6-10(17-5-2)8-11(12)14/h6-9,13H,4-5,15H2,1-3H3. The number of aromatic nitrogens is 1. The van der Waals surface area contributed by atoms with E-state index in [9.17, 15) is 0 Å². The zero-order chi connectivity index (χ0) is 12.4. The van der Waals surface area contributed by atoms with Crippen LogP contribution in [0.5, 0.6) is 5.75 Å². The lowest BCUT2D eigenvalue weighted by atomic mass is 10.0. The third-order valence-corrected chi connectivity index (χ3v) is 3.14. The van der Waals surface area contributed by atoms with Gasteiger partial charge in [-0.2, -0.15) is 0 Å². The Morgan fingerprint density at radius 3 is 2.76 bits per heavy atom. The summed E-state index contributed by atoms with van der Waals surface area (Å²) in [6.07, 6.45) is 3.06. The fourth-order valence-corrected chi connectivity index (χ4v) is 2.17. The summed E-state index contributed by atoms with van der Waals surface area (Å²) in [6.45, 7) is 4.79. The first kappa shape index (κ1) is 12.0. The zero-order valence-electron chi connectivity index (χ0n) is 10.7. The largest absolute Gasteiger partial charge is 0.494 e. The number of hydrogen-bond donors (Lipinski definition) is 1. The molecule has 0 saturated carbocycles. The lowest BCUT2D eigenvalue weighted by molar-refractivity contribution is 0.340. The van der Waals surface area contributed by atoms with E-state index in [4.69, 9.17) is 10.5 Å². The lowest BCUT2D eigenvalue weighted by Gasteiger charge is -2.08. The summed E-state index contributed by atoms with van der Waals surface area (Å²) in [5, 5.41) is 1.20. The van der Waals surface area contributed by atoms with Crippen LogP contribution in [-0.4, -0.2) is 11.2 Å². The Morgan fingerprint density at radius 1 is 1.35 bits per heavy atom. The number of nitrogens with two attached hydrogens (primary N) is 1. The molecule has 0 spiro atoms. The first-order valence-electron chi connectivity index (χ1n) is 6.14. The van der Waals surface area contributed by atoms with Gasteiger partial charge in [-0.1, -0.05) is 6.92 Å². The molecule has 0 amide bonds. The smallest absolute Gasteiger partial charge is 0.120 e. The monoisotopic (exact) mass is 232 g/mol. The van der Waals surface area contributed by atoms with Gasteiger partial charge in [0.05, 0.1) is 6.61 Å². The maximum atomic E-state index is 6.14. The topological polar surface area (TPSA) is 40.2 Å². The summed E-state index contributed by atoms with van der Waals surface area (Å²) in [5.74, 6) is 0.913. The van der Waals surface area contributed by atoms with Crippen LogP contribution in [0.4, 0.5) is 0 Å². The van der Waals surface area contributed by atoms with Gasteiger partial charge in [-0.15, -0.1) is 0 Å². The van der Waals surface area contributed by atoms with Crippen LogP contribution in [0.2, 0.25) is 0 Å². The minimum absolute atomic E-state index is 0.0931. The molecule has 3 heteroatoms. The molecular weight excluding hydrogens is 212 g/mol. The summed E-state index contributed by atoms with van der Waals surface area (Å²) >= 11 is 0. The number of benzene rings is 1. The molecule has 2 aromatic rings. The maximum absolute atomic E-state index is 6.14. The van der Waals surface area contributed by atoms with E-state index < -0.39 is 0 Å². The molecule has 0 aliphatic heterocycles. The summed E-state index contributed by atoms with van der Waals surface area (Å²) in [5.41, 5.74) is 8.55. The molecule has 17 heavy (non-hydrogen) atoms. The predicted molar refractivity (Wildman–Crippen MR) is 71.3 cm³/mol. The van der Waals surface area contributed by atoms with Crippen molar-refractivity contribution < 1.29 is 4.74 Å². The van der Waals surface area contributed by atoms with Crippen LogP contribution in [0.1, 0.15) is 31.9 Å². The molecule has 0 fully saturated rings. The number of nitrogens with zero attached hydrogens (tertiary/aromatic N) is 1. The number of hydrogen-bond acceptors (Lipinski definition) is 2. The molecule has 1 aromatic carbocycles. The summed E-state index contributed by atoms with van der Waals surface area (Å²) in [4.78, 5) is 0. The van der Waals surface area contributed by atoms with Crippen molar-refractivity contribution in [3.8, 4) is 5.75 Å². The molecule has 3 nitrogen and oxygen atoms in total. The normalized spacial score (nSPS) is 12.9. The summed E-state index contributed by atoms with van der Waals surface area (Å²) in [6, 6.07) is 6.28. The zero-order valence-corrected chi connectivity index (χ0v) is 10.7. The second-order valence-electron chi connectivity index (χ2n) is 4.32. The molecule has 0 saturated heterocycles. The second kappa shape index (κ2) is 4.80. The van der Waals surface area contributed by atoms with E-state index in [-0.39, 0.29) is 6.04 Å². The Balaban J connectivity index is 2.56. The second-order valence-corrected chi connectivity index (χ2v) is 4.32. The molecule has 2 rings (SSSR count). The summed E-state index contributed by atoms with van der Waals surface area (Å²) in [7, 11) is 2.05. The first-order valence-corrected chi connectivity index (χ1v) is 6.14. The van der Waals surface area contributed by atoms with Crippen LogP contribution in [-0.2, 0) is 7.05 Å². The van der Waals surface area contributed by atoms with E-state index in [0.29, 0.717) is 6.61 Å². The van der Waals surface area contributed by atoms with E-state index in [1.54, 1.807) is 0 Å². The van der Waals surface area contributed by atoms with Gasteiger partial charge in [0.1, 0.15) is 5.75 Å². The Morgan fingerprint density at radius 2 is 2.12 bits per heavy atom. The Hall–Kier alpha value is -1.48. The SMILES string of the molecule is CCOc1ccc2c(c1)c(C(N)CC)cn2C. The van der Waals surface area contributed by atoms with Gasteiger partial charge >= 0.3 is 0 Å². The van der Waals surface area contributed by atoms with Crippen LogP contribution in [0.15, 0.2) is 24.4 Å². The Labute approximate surface area is 102 Å². The average Bonchev–Trinajstić information content (AvgIpc) is 2.66. The number of fused-ring (bicyclic) bond motifs is 1. The third kappa shape index (κ3) is 2.15. The summed E-state index contributed by atoms with van der Waals surface area (Å²) < 4.78 is 7.66. The van der Waals surface area contributed by atoms with Crippen molar-refractivity contribution in [3.63, 3.8) is 0 Å². The van der Waals surface area contributed by atoms with Gasteiger partial charge in [-0.3, -0.25) is 0 Å². The lowest BCUT2D eigenvalue weighted by Crippen LogP contribution is -2.07. The van der Waals surface area contributed by atoms with Gasteiger partial charge in [0.25, 0.3) is 0 Å². The van der Waals surface area contributed by atoms with Crippen molar-refractivity contribution in [1.29, 1.82) is 0 Å². The van der Waals surface area contributed by atoms with Crippen LogP contribution in [0.25, 0.3) is 10.9 Å². The van der Waals surface area contributed by atoms with Crippen molar-refractivity contribution in [2.75, 3.05) is 6.61 Å². The molecule has 1 aromatic heterocycles. The van der Waals surface area contributed by atoms with Crippen LogP contribution < -0.4 is 10.5 Å². The van der Waals surface area contributed by atoms with Gasteiger partial charge in [-0.25, -0.2) is 0 Å². The number of rotatable bonds is 4. The highest BCUT2D eigenvalue weighted by atomic mass is 16.5. The minimum Gasteiger partial charge on any atom is -0.494 e. The Kier molecular flexibility index (Phi) is 3.38. The molecule has 0 aliphatic carbocycles. The van der Waals surface area contributed by atoms with Gasteiger partial charge < -0.3 is 15.0 Å². The average molecular weight is 232 g/mol. The van der Waals surface area contributed by atoms with Crippen molar-refractivity contribution >= 4 is 10.9 Å². The molecule has 0 radical (unpaired) electrons. The molecule has 92 valence electrons. The molecular formula is C14H20N2O. The van der Waals surface area contributed by atoms with Crippen molar-refractivity contribution in [3.05, 3.63) is 30.0 Å². The van der Waals surface area contributed by atoms with E-state index in [1.807, 2.05) is 13.0 Å². The number of aryl methyl sites for hydroxylation is 1. The highest BCUT2D eigenvalue weighted by molar-refractivity contribution is 5.85. The predicted octanol–water partition coefficient (Wildman–Crippen LogP) is 2.99. The molecule has 0 bridgehead atoms. The molecule has 1 heterocycles. The van der Waals surface area contributed by atoms with E-state index in [2.05, 4.69) is 36.9 Å². The van der Waals surface area contributed by atoms with Gasteiger partial charge in [0.15, 0.2) is 0 Å². The maximum Gasteiger partial charge on any atom is 0.120 e. The van der Waals surface area contributed by atoms with Crippen LogP contribution in [0, 0.1) is 0 Å².